The highest BCUT2D eigenvalue weighted by Crippen LogP contribution is 2.36. The second-order valence-electron chi connectivity index (χ2n) is 6.79. The summed E-state index contributed by atoms with van der Waals surface area (Å²) in [6.07, 6.45) is -0.838. The van der Waals surface area contributed by atoms with Crippen LogP contribution in [0.5, 0.6) is 5.75 Å². The average molecular weight is 443 g/mol. The van der Waals surface area contributed by atoms with Gasteiger partial charge in [-0.15, -0.1) is 0 Å². The number of aryl methyl sites for hydroxylation is 1. The number of aliphatic hydroxyl groups excluding tert-OH is 1. The molecule has 0 fully saturated rings. The molecule has 2 atom stereocenters. The number of hydrogen-bond acceptors (Lipinski definition) is 5. The number of ether oxygens (including phenoxy) is 1. The second-order valence-corrected chi connectivity index (χ2v) is 7.93. The van der Waals surface area contributed by atoms with E-state index in [1.165, 1.54) is 19.2 Å². The van der Waals surface area contributed by atoms with Gasteiger partial charge in [-0.2, -0.15) is 13.2 Å². The molecule has 0 saturated carbocycles. The van der Waals surface area contributed by atoms with Crippen LogP contribution in [0.25, 0.3) is 0 Å². The Labute approximate surface area is 178 Å². The van der Waals surface area contributed by atoms with Crippen LogP contribution in [0.1, 0.15) is 23.6 Å². The van der Waals surface area contributed by atoms with E-state index in [1.54, 1.807) is 25.1 Å². The van der Waals surface area contributed by atoms with Gasteiger partial charge in [0, 0.05) is 18.5 Å². The van der Waals surface area contributed by atoms with Crippen molar-refractivity contribution in [2.45, 2.75) is 49.5 Å². The fourth-order valence-corrected chi connectivity index (χ4v) is 3.34. The van der Waals surface area contributed by atoms with Crippen LogP contribution in [-0.2, 0) is 17.9 Å². The van der Waals surface area contributed by atoms with E-state index >= 15 is 0 Å². The third-order valence-electron chi connectivity index (χ3n) is 4.33. The molecule has 9 heteroatoms. The highest BCUT2D eigenvalue weighted by molar-refractivity contribution is 8.00. The first-order valence-corrected chi connectivity index (χ1v) is 10.1. The SMILES string of the molecule is CNC(=O)C(NCc1ccc(OCc2ccc(SC(F)(F)F)cc2)c(C)c1)C(C)O. The Hall–Kier alpha value is -2.23. The minimum absolute atomic E-state index is 0.131. The lowest BCUT2D eigenvalue weighted by atomic mass is 10.1. The fraction of sp³-hybridized carbons (Fsp3) is 0.381. The van der Waals surface area contributed by atoms with E-state index in [2.05, 4.69) is 10.6 Å². The molecule has 164 valence electrons. The first-order chi connectivity index (χ1) is 14.1. The van der Waals surface area contributed by atoms with Crippen LogP contribution in [0.3, 0.4) is 0 Å². The smallest absolute Gasteiger partial charge is 0.446 e. The molecule has 2 aromatic rings. The molecule has 2 aromatic carbocycles. The van der Waals surface area contributed by atoms with Crippen LogP contribution < -0.4 is 15.4 Å². The van der Waals surface area contributed by atoms with Crippen molar-refractivity contribution in [3.63, 3.8) is 0 Å². The van der Waals surface area contributed by atoms with Gasteiger partial charge in [0.25, 0.3) is 0 Å². The third-order valence-corrected chi connectivity index (χ3v) is 5.07. The fourth-order valence-electron chi connectivity index (χ4n) is 2.80. The molecule has 1 amide bonds. The number of carbonyl (C=O) groups excluding carboxylic acids is 1. The summed E-state index contributed by atoms with van der Waals surface area (Å²) in [6.45, 7) is 4.05. The Balaban J connectivity index is 1.93. The van der Waals surface area contributed by atoms with E-state index in [9.17, 15) is 23.1 Å². The molecule has 2 unspecified atom stereocenters. The van der Waals surface area contributed by atoms with Gasteiger partial charge >= 0.3 is 5.51 Å². The summed E-state index contributed by atoms with van der Waals surface area (Å²) in [4.78, 5) is 11.9. The van der Waals surface area contributed by atoms with Crippen molar-refractivity contribution >= 4 is 17.7 Å². The largest absolute Gasteiger partial charge is 0.489 e. The van der Waals surface area contributed by atoms with Crippen LogP contribution in [-0.4, -0.2) is 35.7 Å². The predicted octanol–water partition coefficient (Wildman–Crippen LogP) is 3.77. The van der Waals surface area contributed by atoms with Crippen LogP contribution in [0.4, 0.5) is 13.2 Å². The molecule has 30 heavy (non-hydrogen) atoms. The Morgan fingerprint density at radius 2 is 1.80 bits per heavy atom. The number of nitrogens with one attached hydrogen (secondary N) is 2. The lowest BCUT2D eigenvalue weighted by Gasteiger charge is -2.20. The average Bonchev–Trinajstić information content (AvgIpc) is 2.67. The van der Waals surface area contributed by atoms with E-state index in [0.29, 0.717) is 12.3 Å². The molecule has 0 bridgehead atoms. The number of amides is 1. The highest BCUT2D eigenvalue weighted by atomic mass is 32.2. The van der Waals surface area contributed by atoms with Crippen molar-refractivity contribution in [3.8, 4) is 5.75 Å². The lowest BCUT2D eigenvalue weighted by Crippen LogP contribution is -2.49. The van der Waals surface area contributed by atoms with Gasteiger partial charge in [-0.3, -0.25) is 10.1 Å². The monoisotopic (exact) mass is 442 g/mol. The van der Waals surface area contributed by atoms with Crippen molar-refractivity contribution in [1.29, 1.82) is 0 Å². The van der Waals surface area contributed by atoms with E-state index in [1.807, 2.05) is 19.1 Å². The summed E-state index contributed by atoms with van der Waals surface area (Å²) in [5.41, 5.74) is -1.74. The normalized spacial score (nSPS) is 13.6. The van der Waals surface area contributed by atoms with Gasteiger partial charge < -0.3 is 15.2 Å². The topological polar surface area (TPSA) is 70.6 Å². The molecule has 0 spiro atoms. The van der Waals surface area contributed by atoms with Crippen molar-refractivity contribution in [2.24, 2.45) is 0 Å². The zero-order chi connectivity index (χ0) is 22.3. The molecule has 0 saturated heterocycles. The van der Waals surface area contributed by atoms with Gasteiger partial charge in [0.1, 0.15) is 18.4 Å². The first kappa shape index (κ1) is 24.0. The number of hydrogen-bond donors (Lipinski definition) is 3. The maximum Gasteiger partial charge on any atom is 0.446 e. The maximum absolute atomic E-state index is 12.4. The third kappa shape index (κ3) is 7.55. The molecule has 0 aliphatic heterocycles. The molecule has 0 radical (unpaired) electrons. The first-order valence-electron chi connectivity index (χ1n) is 9.29. The standard InChI is InChI=1S/C21H25F3N2O3S/c1-13-10-16(11-26-19(14(2)27)20(28)25-3)6-9-18(13)29-12-15-4-7-17(8-5-15)30-21(22,23)24/h4-10,14,19,26-27H,11-12H2,1-3H3,(H,25,28). The summed E-state index contributed by atoms with van der Waals surface area (Å²) < 4.78 is 42.9. The van der Waals surface area contributed by atoms with Gasteiger partial charge in [0.05, 0.1) is 6.10 Å². The van der Waals surface area contributed by atoms with Crippen molar-refractivity contribution in [1.82, 2.24) is 10.6 Å². The minimum Gasteiger partial charge on any atom is -0.489 e. The summed E-state index contributed by atoms with van der Waals surface area (Å²) >= 11 is -0.148. The van der Waals surface area contributed by atoms with Gasteiger partial charge in [0.2, 0.25) is 5.91 Å². The molecule has 0 aliphatic carbocycles. The van der Waals surface area contributed by atoms with Gasteiger partial charge in [-0.25, -0.2) is 0 Å². The van der Waals surface area contributed by atoms with E-state index in [4.69, 9.17) is 4.74 Å². The zero-order valence-electron chi connectivity index (χ0n) is 16.9. The van der Waals surface area contributed by atoms with Crippen LogP contribution >= 0.6 is 11.8 Å². The van der Waals surface area contributed by atoms with Gasteiger partial charge in [0.15, 0.2) is 0 Å². The number of rotatable bonds is 9. The summed E-state index contributed by atoms with van der Waals surface area (Å²) in [6, 6.07) is 10.9. The van der Waals surface area contributed by atoms with E-state index in [0.717, 1.165) is 16.7 Å². The summed E-state index contributed by atoms with van der Waals surface area (Å²) in [5.74, 6) is 0.368. The number of carbonyl (C=O) groups is 1. The number of benzene rings is 2. The summed E-state index contributed by atoms with van der Waals surface area (Å²) in [7, 11) is 1.51. The zero-order valence-corrected chi connectivity index (χ0v) is 17.7. The van der Waals surface area contributed by atoms with Gasteiger partial charge in [-0.1, -0.05) is 24.3 Å². The molecular formula is C21H25F3N2O3S. The van der Waals surface area contributed by atoms with Gasteiger partial charge in [-0.05, 0) is 60.5 Å². The second kappa shape index (κ2) is 10.7. The van der Waals surface area contributed by atoms with Crippen LogP contribution in [0, 0.1) is 6.92 Å². The number of halogens is 3. The molecule has 0 aromatic heterocycles. The van der Waals surface area contributed by atoms with Crippen molar-refractivity contribution < 1.29 is 27.8 Å². The lowest BCUT2D eigenvalue weighted by molar-refractivity contribution is -0.125. The molecule has 0 heterocycles. The number of thioether (sulfide) groups is 1. The highest BCUT2D eigenvalue weighted by Gasteiger charge is 2.29. The predicted molar refractivity (Wildman–Crippen MR) is 110 cm³/mol. The molecular weight excluding hydrogens is 417 g/mol. The number of aliphatic hydroxyl groups is 1. The maximum atomic E-state index is 12.4. The Kier molecular flexibility index (Phi) is 8.57. The molecule has 3 N–H and O–H groups in total. The Bertz CT molecular complexity index is 842. The van der Waals surface area contributed by atoms with E-state index in [-0.39, 0.29) is 29.2 Å². The summed E-state index contributed by atoms with van der Waals surface area (Å²) in [5, 5.41) is 15.3. The minimum atomic E-state index is -4.30. The Morgan fingerprint density at radius 1 is 1.17 bits per heavy atom. The molecule has 5 nitrogen and oxygen atoms in total. The quantitative estimate of drug-likeness (QED) is 0.516. The number of alkyl halides is 3. The Morgan fingerprint density at radius 3 is 2.33 bits per heavy atom. The van der Waals surface area contributed by atoms with Crippen molar-refractivity contribution in [2.75, 3.05) is 7.05 Å². The van der Waals surface area contributed by atoms with Crippen LogP contribution in [0.2, 0.25) is 0 Å². The van der Waals surface area contributed by atoms with Crippen LogP contribution in [0.15, 0.2) is 47.4 Å². The molecule has 2 rings (SSSR count). The number of likely N-dealkylation sites (N-methyl/N-ethyl adjacent to an activating group) is 1. The molecule has 0 aliphatic rings. The van der Waals surface area contributed by atoms with Crippen molar-refractivity contribution in [3.05, 3.63) is 59.2 Å². The van der Waals surface area contributed by atoms with E-state index < -0.39 is 17.7 Å².